The highest BCUT2D eigenvalue weighted by atomic mass is 16.5. The maximum Gasteiger partial charge on any atom is 0.338 e. The lowest BCUT2D eigenvalue weighted by atomic mass is 9.96. The van der Waals surface area contributed by atoms with Crippen molar-refractivity contribution in [2.24, 2.45) is 0 Å². The van der Waals surface area contributed by atoms with Crippen LogP contribution in [0.15, 0.2) is 30.5 Å². The van der Waals surface area contributed by atoms with Crippen LogP contribution in [0.2, 0.25) is 0 Å². The molecule has 21 heavy (non-hydrogen) atoms. The summed E-state index contributed by atoms with van der Waals surface area (Å²) in [6.07, 6.45) is 3.93. The highest BCUT2D eigenvalue weighted by molar-refractivity contribution is 5.90. The first-order valence-electron chi connectivity index (χ1n) is 7.07. The van der Waals surface area contributed by atoms with E-state index in [1.165, 1.54) is 7.11 Å². The molecule has 1 aromatic heterocycles. The Labute approximate surface area is 123 Å². The fourth-order valence-electron chi connectivity index (χ4n) is 2.77. The van der Waals surface area contributed by atoms with Gasteiger partial charge in [-0.05, 0) is 30.0 Å². The van der Waals surface area contributed by atoms with Crippen molar-refractivity contribution in [3.05, 3.63) is 52.8 Å². The summed E-state index contributed by atoms with van der Waals surface area (Å²) >= 11 is 0. The molecule has 1 atom stereocenters. The minimum Gasteiger partial charge on any atom is -0.465 e. The normalized spacial score (nSPS) is 17.3. The van der Waals surface area contributed by atoms with Crippen molar-refractivity contribution in [3.63, 3.8) is 0 Å². The van der Waals surface area contributed by atoms with Crippen LogP contribution in [0.25, 0.3) is 0 Å². The average Bonchev–Trinajstić information content (AvgIpc) is 2.88. The summed E-state index contributed by atoms with van der Waals surface area (Å²) < 4.78 is 6.65. The molecule has 5 heteroatoms. The first kappa shape index (κ1) is 13.8. The Morgan fingerprint density at radius 2 is 2.29 bits per heavy atom. The highest BCUT2D eigenvalue weighted by Gasteiger charge is 2.20. The number of ether oxygens (including phenoxy) is 1. The van der Waals surface area contributed by atoms with E-state index in [9.17, 15) is 9.90 Å². The molecule has 1 aromatic carbocycles. The van der Waals surface area contributed by atoms with Crippen LogP contribution in [0.3, 0.4) is 0 Å². The van der Waals surface area contributed by atoms with Crippen LogP contribution < -0.4 is 0 Å². The number of aliphatic hydroxyl groups excluding tert-OH is 1. The number of aryl methyl sites for hydroxylation is 1. The van der Waals surface area contributed by atoms with E-state index < -0.39 is 0 Å². The van der Waals surface area contributed by atoms with Crippen LogP contribution in [-0.2, 0) is 24.1 Å². The fourth-order valence-corrected chi connectivity index (χ4v) is 2.77. The van der Waals surface area contributed by atoms with E-state index in [2.05, 4.69) is 5.10 Å². The van der Waals surface area contributed by atoms with E-state index in [0.717, 1.165) is 29.7 Å². The van der Waals surface area contributed by atoms with E-state index in [-0.39, 0.29) is 12.1 Å². The molecule has 0 spiro atoms. The fraction of sp³-hybridized carbons (Fsp3) is 0.375. The number of benzene rings is 1. The Morgan fingerprint density at radius 3 is 3.10 bits per heavy atom. The molecule has 0 amide bonds. The first-order valence-corrected chi connectivity index (χ1v) is 7.07. The standard InChI is InChI=1S/C16H18N2O3/c1-21-16(20)14-5-3-2-4-11(14)9-18-10-12-8-13(19)6-7-15(12)17-18/h2-5,10,13,19H,6-9H2,1H3. The summed E-state index contributed by atoms with van der Waals surface area (Å²) in [7, 11) is 1.38. The number of aliphatic hydroxyl groups is 1. The van der Waals surface area contributed by atoms with Gasteiger partial charge in [0.25, 0.3) is 0 Å². The molecule has 0 radical (unpaired) electrons. The van der Waals surface area contributed by atoms with Gasteiger partial charge in [0, 0.05) is 12.6 Å². The third-order valence-electron chi connectivity index (χ3n) is 3.85. The number of hydrogen-bond acceptors (Lipinski definition) is 4. The van der Waals surface area contributed by atoms with Crippen molar-refractivity contribution in [3.8, 4) is 0 Å². The largest absolute Gasteiger partial charge is 0.465 e. The van der Waals surface area contributed by atoms with Gasteiger partial charge in [0.2, 0.25) is 0 Å². The number of carbonyl (C=O) groups excluding carboxylic acids is 1. The van der Waals surface area contributed by atoms with Crippen molar-refractivity contribution in [1.29, 1.82) is 0 Å². The summed E-state index contributed by atoms with van der Waals surface area (Å²) in [4.78, 5) is 11.8. The minimum atomic E-state index is -0.335. The maximum atomic E-state index is 11.8. The monoisotopic (exact) mass is 286 g/mol. The van der Waals surface area contributed by atoms with Crippen LogP contribution in [0, 0.1) is 0 Å². The van der Waals surface area contributed by atoms with E-state index in [4.69, 9.17) is 4.74 Å². The molecule has 1 heterocycles. The van der Waals surface area contributed by atoms with Crippen LogP contribution in [-0.4, -0.2) is 34.1 Å². The van der Waals surface area contributed by atoms with Gasteiger partial charge >= 0.3 is 5.97 Å². The van der Waals surface area contributed by atoms with Gasteiger partial charge in [0.05, 0.1) is 31.0 Å². The second-order valence-corrected chi connectivity index (χ2v) is 5.34. The molecule has 110 valence electrons. The summed E-state index contributed by atoms with van der Waals surface area (Å²) in [6.45, 7) is 0.522. The number of nitrogens with zero attached hydrogens (tertiary/aromatic N) is 2. The van der Waals surface area contributed by atoms with Crippen molar-refractivity contribution < 1.29 is 14.6 Å². The van der Waals surface area contributed by atoms with Crippen molar-refractivity contribution in [2.75, 3.05) is 7.11 Å². The number of aromatic nitrogens is 2. The lowest BCUT2D eigenvalue weighted by molar-refractivity contribution is 0.0599. The highest BCUT2D eigenvalue weighted by Crippen LogP contribution is 2.21. The average molecular weight is 286 g/mol. The molecule has 0 saturated carbocycles. The predicted octanol–water partition coefficient (Wildman–Crippen LogP) is 1.57. The van der Waals surface area contributed by atoms with Crippen LogP contribution in [0.4, 0.5) is 0 Å². The van der Waals surface area contributed by atoms with E-state index in [1.54, 1.807) is 6.07 Å². The first-order chi connectivity index (χ1) is 10.2. The molecule has 1 aliphatic carbocycles. The zero-order chi connectivity index (χ0) is 14.8. The number of methoxy groups -OCH3 is 1. The zero-order valence-electron chi connectivity index (χ0n) is 12.0. The van der Waals surface area contributed by atoms with Crippen molar-refractivity contribution in [1.82, 2.24) is 9.78 Å². The molecule has 1 aliphatic rings. The van der Waals surface area contributed by atoms with Gasteiger partial charge in [0.15, 0.2) is 0 Å². The van der Waals surface area contributed by atoms with E-state index in [0.29, 0.717) is 18.5 Å². The Hall–Kier alpha value is -2.14. The quantitative estimate of drug-likeness (QED) is 0.870. The van der Waals surface area contributed by atoms with Crippen LogP contribution in [0.5, 0.6) is 0 Å². The van der Waals surface area contributed by atoms with Gasteiger partial charge in [-0.1, -0.05) is 18.2 Å². The molecule has 0 aliphatic heterocycles. The van der Waals surface area contributed by atoms with E-state index >= 15 is 0 Å². The lowest BCUT2D eigenvalue weighted by Gasteiger charge is -2.14. The SMILES string of the molecule is COC(=O)c1ccccc1Cn1cc2c(n1)CCC(O)C2. The Morgan fingerprint density at radius 1 is 1.48 bits per heavy atom. The number of carbonyl (C=O) groups is 1. The van der Waals surface area contributed by atoms with Gasteiger partial charge in [-0.3, -0.25) is 4.68 Å². The number of fused-ring (bicyclic) bond motifs is 1. The molecule has 1 N–H and O–H groups in total. The topological polar surface area (TPSA) is 64.4 Å². The molecule has 5 nitrogen and oxygen atoms in total. The van der Waals surface area contributed by atoms with Crippen molar-refractivity contribution >= 4 is 5.97 Å². The summed E-state index contributed by atoms with van der Waals surface area (Å²) in [6, 6.07) is 7.38. The molecular weight excluding hydrogens is 268 g/mol. The predicted molar refractivity (Wildman–Crippen MR) is 77.1 cm³/mol. The molecule has 0 fully saturated rings. The summed E-state index contributed by atoms with van der Waals surface area (Å²) in [5.74, 6) is -0.335. The molecule has 0 saturated heterocycles. The van der Waals surface area contributed by atoms with Gasteiger partial charge in [-0.2, -0.15) is 5.10 Å². The molecule has 2 aromatic rings. The number of hydrogen-bond donors (Lipinski definition) is 1. The molecule has 1 unspecified atom stereocenters. The van der Waals surface area contributed by atoms with E-state index in [1.807, 2.05) is 29.1 Å². The maximum absolute atomic E-state index is 11.8. The van der Waals surface area contributed by atoms with Gasteiger partial charge in [0.1, 0.15) is 0 Å². The smallest absolute Gasteiger partial charge is 0.338 e. The Balaban J connectivity index is 1.86. The number of esters is 1. The Bertz CT molecular complexity index is 663. The zero-order valence-corrected chi connectivity index (χ0v) is 12.0. The van der Waals surface area contributed by atoms with Crippen LogP contribution >= 0.6 is 0 Å². The minimum absolute atomic E-state index is 0.266. The molecule has 0 bridgehead atoms. The van der Waals surface area contributed by atoms with Gasteiger partial charge < -0.3 is 9.84 Å². The molecular formula is C16H18N2O3. The number of rotatable bonds is 3. The second-order valence-electron chi connectivity index (χ2n) is 5.34. The van der Waals surface area contributed by atoms with Crippen LogP contribution in [0.1, 0.15) is 33.6 Å². The second kappa shape index (κ2) is 5.69. The Kier molecular flexibility index (Phi) is 3.75. The molecule has 3 rings (SSSR count). The van der Waals surface area contributed by atoms with Gasteiger partial charge in [-0.15, -0.1) is 0 Å². The third kappa shape index (κ3) is 2.83. The summed E-state index contributed by atoms with van der Waals surface area (Å²) in [5, 5.41) is 14.3. The lowest BCUT2D eigenvalue weighted by Crippen LogP contribution is -2.17. The summed E-state index contributed by atoms with van der Waals surface area (Å²) in [5.41, 5.74) is 3.60. The third-order valence-corrected chi connectivity index (χ3v) is 3.85. The van der Waals surface area contributed by atoms with Crippen molar-refractivity contribution in [2.45, 2.75) is 31.9 Å². The van der Waals surface area contributed by atoms with Gasteiger partial charge in [-0.25, -0.2) is 4.79 Å².